The Morgan fingerprint density at radius 2 is 1.85 bits per heavy atom. The third-order valence-electron chi connectivity index (χ3n) is 7.11. The molecule has 2 aliphatic rings. The van der Waals surface area contributed by atoms with Crippen LogP contribution < -0.4 is 14.2 Å². The van der Waals surface area contributed by atoms with Crippen molar-refractivity contribution in [3.05, 3.63) is 113 Å². The molecule has 1 unspecified atom stereocenters. The van der Waals surface area contributed by atoms with E-state index in [9.17, 15) is 13.6 Å². The van der Waals surface area contributed by atoms with Gasteiger partial charge in [0.05, 0.1) is 13.0 Å². The zero-order chi connectivity index (χ0) is 28.7. The van der Waals surface area contributed by atoms with Crippen molar-refractivity contribution in [1.29, 1.82) is 0 Å². The average molecular weight is 562 g/mol. The lowest BCUT2D eigenvalue weighted by Crippen LogP contribution is -2.31. The van der Waals surface area contributed by atoms with Gasteiger partial charge < -0.3 is 19.3 Å². The van der Waals surface area contributed by atoms with Crippen LogP contribution in [0.4, 0.5) is 8.78 Å². The number of halogens is 2. The number of allylic oxidation sites excluding steroid dienone is 3. The zero-order valence-electron chi connectivity index (χ0n) is 22.7. The van der Waals surface area contributed by atoms with Gasteiger partial charge in [0.2, 0.25) is 0 Å². The quantitative estimate of drug-likeness (QED) is 0.228. The molecular formula is C33H33F2NO5. The van der Waals surface area contributed by atoms with Crippen molar-refractivity contribution in [2.45, 2.75) is 44.4 Å². The van der Waals surface area contributed by atoms with Crippen molar-refractivity contribution in [1.82, 2.24) is 4.90 Å². The van der Waals surface area contributed by atoms with E-state index in [0.29, 0.717) is 49.5 Å². The number of carboxylic acid groups (broad SMARTS) is 1. The topological polar surface area (TPSA) is 68.2 Å². The molecule has 41 heavy (non-hydrogen) atoms. The molecule has 0 saturated heterocycles. The van der Waals surface area contributed by atoms with Gasteiger partial charge in [0.1, 0.15) is 5.75 Å². The van der Waals surface area contributed by atoms with Crippen LogP contribution >= 0.6 is 0 Å². The predicted octanol–water partition coefficient (Wildman–Crippen LogP) is 6.97. The van der Waals surface area contributed by atoms with E-state index in [1.165, 1.54) is 17.2 Å². The normalized spacial score (nSPS) is 15.9. The molecule has 3 aromatic carbocycles. The summed E-state index contributed by atoms with van der Waals surface area (Å²) in [6.07, 6.45) is 5.57. The number of hydrogen-bond acceptors (Lipinski definition) is 5. The van der Waals surface area contributed by atoms with Crippen LogP contribution in [0, 0.1) is 0 Å². The largest absolute Gasteiger partial charge is 0.586 e. The van der Waals surface area contributed by atoms with Crippen LogP contribution in [-0.2, 0) is 17.8 Å². The fraction of sp³-hybridized carbons (Fsp3) is 0.303. The number of carboxylic acids is 1. The first kappa shape index (κ1) is 28.4. The van der Waals surface area contributed by atoms with Gasteiger partial charge in [-0.25, -0.2) is 0 Å². The fourth-order valence-corrected chi connectivity index (χ4v) is 5.26. The SMILES string of the molecule is O=C(O)Cc1cccc(OCCCN(Cc2cccc3c2OC(F)(F)O3)CC(C2=CCCC=C2)c2ccccc2)c1. The Balaban J connectivity index is 1.33. The summed E-state index contributed by atoms with van der Waals surface area (Å²) in [6, 6.07) is 22.4. The van der Waals surface area contributed by atoms with Gasteiger partial charge in [-0.15, -0.1) is 8.78 Å². The number of ether oxygens (including phenoxy) is 3. The molecule has 0 radical (unpaired) electrons. The number of hydrogen-bond donors (Lipinski definition) is 1. The number of nitrogens with zero attached hydrogens (tertiary/aromatic N) is 1. The van der Waals surface area contributed by atoms with Crippen molar-refractivity contribution >= 4 is 5.97 Å². The smallest absolute Gasteiger partial charge is 0.494 e. The van der Waals surface area contributed by atoms with Crippen molar-refractivity contribution in [2.24, 2.45) is 0 Å². The second kappa shape index (κ2) is 13.0. The minimum atomic E-state index is -3.68. The second-order valence-corrected chi connectivity index (χ2v) is 10.2. The number of rotatable bonds is 13. The molecule has 6 nitrogen and oxygen atoms in total. The Kier molecular flexibility index (Phi) is 8.99. The lowest BCUT2D eigenvalue weighted by Gasteiger charge is -2.30. The lowest BCUT2D eigenvalue weighted by molar-refractivity contribution is -0.287. The number of aliphatic carboxylic acids is 1. The Bertz CT molecular complexity index is 1410. The summed E-state index contributed by atoms with van der Waals surface area (Å²) in [4.78, 5) is 13.3. The second-order valence-electron chi connectivity index (χ2n) is 10.2. The Hall–Kier alpha value is -4.17. The van der Waals surface area contributed by atoms with Gasteiger partial charge >= 0.3 is 12.3 Å². The first-order valence-electron chi connectivity index (χ1n) is 13.8. The van der Waals surface area contributed by atoms with Crippen LogP contribution in [0.1, 0.15) is 41.9 Å². The van der Waals surface area contributed by atoms with Gasteiger partial charge in [-0.1, -0.05) is 72.8 Å². The first-order chi connectivity index (χ1) is 19.9. The maximum atomic E-state index is 13.9. The summed E-state index contributed by atoms with van der Waals surface area (Å²) in [6.45, 7) is 2.10. The van der Waals surface area contributed by atoms with Crippen molar-refractivity contribution in [2.75, 3.05) is 19.7 Å². The lowest BCUT2D eigenvalue weighted by atomic mass is 9.87. The van der Waals surface area contributed by atoms with Crippen molar-refractivity contribution in [3.63, 3.8) is 0 Å². The molecule has 1 heterocycles. The molecule has 0 fully saturated rings. The number of fused-ring (bicyclic) bond motifs is 1. The van der Waals surface area contributed by atoms with Crippen molar-refractivity contribution in [3.8, 4) is 17.2 Å². The van der Waals surface area contributed by atoms with Crippen LogP contribution in [0.2, 0.25) is 0 Å². The van der Waals surface area contributed by atoms with E-state index in [-0.39, 0.29) is 23.8 Å². The molecule has 1 atom stereocenters. The maximum absolute atomic E-state index is 13.9. The van der Waals surface area contributed by atoms with Gasteiger partial charge in [0, 0.05) is 31.1 Å². The Morgan fingerprint density at radius 3 is 2.63 bits per heavy atom. The third kappa shape index (κ3) is 7.73. The van der Waals surface area contributed by atoms with E-state index in [0.717, 1.165) is 12.8 Å². The van der Waals surface area contributed by atoms with Gasteiger partial charge in [0.25, 0.3) is 0 Å². The van der Waals surface area contributed by atoms with Crippen LogP contribution in [0.3, 0.4) is 0 Å². The third-order valence-corrected chi connectivity index (χ3v) is 7.11. The Morgan fingerprint density at radius 1 is 1.02 bits per heavy atom. The molecule has 0 amide bonds. The predicted molar refractivity (Wildman–Crippen MR) is 151 cm³/mol. The molecule has 1 aliphatic carbocycles. The summed E-state index contributed by atoms with van der Waals surface area (Å²) in [5, 5.41) is 9.08. The summed E-state index contributed by atoms with van der Waals surface area (Å²) in [5.41, 5.74) is 3.73. The monoisotopic (exact) mass is 561 g/mol. The fourth-order valence-electron chi connectivity index (χ4n) is 5.26. The molecule has 3 aromatic rings. The number of alkyl halides is 2. The van der Waals surface area contributed by atoms with E-state index < -0.39 is 12.3 Å². The van der Waals surface area contributed by atoms with Gasteiger partial charge in [-0.05, 0) is 54.2 Å². The molecule has 0 spiro atoms. The summed E-state index contributed by atoms with van der Waals surface area (Å²) < 4.78 is 43.4. The molecular weight excluding hydrogens is 528 g/mol. The van der Waals surface area contributed by atoms with Gasteiger partial charge in [-0.3, -0.25) is 9.69 Å². The molecule has 0 saturated carbocycles. The molecule has 0 bridgehead atoms. The highest BCUT2D eigenvalue weighted by molar-refractivity contribution is 5.70. The standard InChI is InChI=1S/C33H33F2NO5/c34-33(35)40-30-17-8-15-27(32(30)41-33)22-36(18-9-19-39-28-16-7-10-24(20-28)21-31(37)38)23-29(25-11-3-1-4-12-25)26-13-5-2-6-14-26/h1,3-5,7-8,10-17,20,29H,2,6,9,18-19,21-23H2,(H,37,38). The van der Waals surface area contributed by atoms with Gasteiger partial charge in [-0.2, -0.15) is 0 Å². The minimum Gasteiger partial charge on any atom is -0.494 e. The molecule has 1 N–H and O–H groups in total. The highest BCUT2D eigenvalue weighted by Crippen LogP contribution is 2.43. The van der Waals surface area contributed by atoms with E-state index in [1.807, 2.05) is 18.2 Å². The first-order valence-corrected chi connectivity index (χ1v) is 13.8. The minimum absolute atomic E-state index is 0.0366. The summed E-state index contributed by atoms with van der Waals surface area (Å²) in [7, 11) is 0. The van der Waals surface area contributed by atoms with E-state index in [2.05, 4.69) is 35.3 Å². The number of para-hydroxylation sites is 1. The highest BCUT2D eigenvalue weighted by atomic mass is 19.3. The van der Waals surface area contributed by atoms with Crippen LogP contribution in [0.5, 0.6) is 17.2 Å². The van der Waals surface area contributed by atoms with E-state index in [1.54, 1.807) is 36.4 Å². The zero-order valence-corrected chi connectivity index (χ0v) is 22.7. The summed E-state index contributed by atoms with van der Waals surface area (Å²) in [5.74, 6) is -0.0785. The molecule has 214 valence electrons. The molecule has 0 aromatic heterocycles. The van der Waals surface area contributed by atoms with Gasteiger partial charge in [0.15, 0.2) is 11.5 Å². The van der Waals surface area contributed by atoms with Crippen LogP contribution in [0.15, 0.2) is 96.6 Å². The molecule has 8 heteroatoms. The highest BCUT2D eigenvalue weighted by Gasteiger charge is 2.44. The average Bonchev–Trinajstić information content (AvgIpc) is 3.29. The molecule has 1 aliphatic heterocycles. The maximum Gasteiger partial charge on any atom is 0.586 e. The van der Waals surface area contributed by atoms with Crippen LogP contribution in [-0.4, -0.2) is 42.0 Å². The van der Waals surface area contributed by atoms with E-state index >= 15 is 0 Å². The van der Waals surface area contributed by atoms with Crippen LogP contribution in [0.25, 0.3) is 0 Å². The number of benzene rings is 3. The summed E-state index contributed by atoms with van der Waals surface area (Å²) >= 11 is 0. The van der Waals surface area contributed by atoms with E-state index in [4.69, 9.17) is 19.3 Å². The van der Waals surface area contributed by atoms with Crippen molar-refractivity contribution < 1.29 is 32.9 Å². The number of carbonyl (C=O) groups is 1. The molecule has 5 rings (SSSR count). The Labute approximate surface area is 238 Å².